The number of sulfonamides is 1. The molecular weight excluding hydrogens is 547 g/mol. The number of hydrogen-bond acceptors (Lipinski definition) is 8. The summed E-state index contributed by atoms with van der Waals surface area (Å²) in [5.41, 5.74) is 1.15. The SMILES string of the molecule is CCOC(=O)c1c(NC(=O)CN(c2cccc(F)c2)S(=O)(=O)c2ccc3c(c2)OCCO3)sc2c1CCCC2. The summed E-state index contributed by atoms with van der Waals surface area (Å²) < 4.78 is 58.8. The van der Waals surface area contributed by atoms with E-state index in [4.69, 9.17) is 14.2 Å². The first kappa shape index (κ1) is 26.9. The number of carbonyl (C=O) groups is 2. The van der Waals surface area contributed by atoms with Crippen molar-refractivity contribution in [3.05, 3.63) is 64.3 Å². The molecule has 1 aromatic heterocycles. The summed E-state index contributed by atoms with van der Waals surface area (Å²) in [5.74, 6) is -1.22. The zero-order chi connectivity index (χ0) is 27.6. The molecule has 0 fully saturated rings. The molecule has 39 heavy (non-hydrogen) atoms. The average Bonchev–Trinajstić information content (AvgIpc) is 3.29. The standard InChI is InChI=1S/C27H27FN2O7S2/c1-2-35-27(32)25-20-8-3-4-9-23(20)38-26(25)29-24(31)16-30(18-7-5-6-17(28)14-18)39(33,34)19-10-11-21-22(15-19)37-13-12-36-21/h5-7,10-11,14-15H,2-4,8-9,12-13,16H2,1H3,(H,29,31). The van der Waals surface area contributed by atoms with E-state index in [1.54, 1.807) is 6.92 Å². The van der Waals surface area contributed by atoms with E-state index >= 15 is 0 Å². The minimum absolute atomic E-state index is 0.0314. The van der Waals surface area contributed by atoms with E-state index < -0.39 is 34.3 Å². The van der Waals surface area contributed by atoms with Crippen LogP contribution in [0.1, 0.15) is 40.6 Å². The molecule has 0 bridgehead atoms. The van der Waals surface area contributed by atoms with Crippen LogP contribution in [0.4, 0.5) is 15.1 Å². The smallest absolute Gasteiger partial charge is 0.341 e. The Kier molecular flexibility index (Phi) is 7.76. The van der Waals surface area contributed by atoms with Crippen LogP contribution in [0.15, 0.2) is 47.4 Å². The van der Waals surface area contributed by atoms with Crippen molar-refractivity contribution in [1.82, 2.24) is 0 Å². The molecule has 0 saturated carbocycles. The molecule has 206 valence electrons. The van der Waals surface area contributed by atoms with E-state index in [-0.39, 0.29) is 29.5 Å². The van der Waals surface area contributed by atoms with Crippen LogP contribution in [0.5, 0.6) is 11.5 Å². The Hall–Kier alpha value is -3.64. The van der Waals surface area contributed by atoms with Gasteiger partial charge in [-0.2, -0.15) is 0 Å². The van der Waals surface area contributed by atoms with Crippen molar-refractivity contribution < 1.29 is 36.6 Å². The van der Waals surface area contributed by atoms with Crippen molar-refractivity contribution in [3.63, 3.8) is 0 Å². The first-order chi connectivity index (χ1) is 18.8. The van der Waals surface area contributed by atoms with Crippen molar-refractivity contribution in [2.45, 2.75) is 37.5 Å². The molecule has 0 unspecified atom stereocenters. The maximum absolute atomic E-state index is 14.2. The van der Waals surface area contributed by atoms with Crippen LogP contribution in [0.2, 0.25) is 0 Å². The van der Waals surface area contributed by atoms with Gasteiger partial charge in [0.2, 0.25) is 5.91 Å². The fraction of sp³-hybridized carbons (Fsp3) is 0.333. The molecule has 3 aromatic rings. The molecule has 0 atom stereocenters. The summed E-state index contributed by atoms with van der Waals surface area (Å²) in [6.45, 7) is 1.83. The molecule has 2 aliphatic rings. The third-order valence-corrected chi connectivity index (χ3v) is 9.37. The number of hydrogen-bond donors (Lipinski definition) is 1. The van der Waals surface area contributed by atoms with E-state index in [9.17, 15) is 22.4 Å². The highest BCUT2D eigenvalue weighted by Gasteiger charge is 2.31. The van der Waals surface area contributed by atoms with Gasteiger partial charge in [0.05, 0.1) is 22.8 Å². The summed E-state index contributed by atoms with van der Waals surface area (Å²) in [5, 5.41) is 3.05. The Balaban J connectivity index is 1.48. The maximum atomic E-state index is 14.2. The highest BCUT2D eigenvalue weighted by molar-refractivity contribution is 7.92. The van der Waals surface area contributed by atoms with E-state index in [1.807, 2.05) is 0 Å². The fourth-order valence-electron chi connectivity index (χ4n) is 4.63. The lowest BCUT2D eigenvalue weighted by molar-refractivity contribution is -0.114. The quantitative estimate of drug-likeness (QED) is 0.393. The second-order valence-electron chi connectivity index (χ2n) is 8.98. The molecule has 1 aliphatic carbocycles. The van der Waals surface area contributed by atoms with Crippen LogP contribution >= 0.6 is 11.3 Å². The van der Waals surface area contributed by atoms with Crippen LogP contribution in [0.25, 0.3) is 0 Å². The summed E-state index contributed by atoms with van der Waals surface area (Å²) in [6, 6.07) is 9.13. The number of nitrogens with one attached hydrogen (secondary N) is 1. The molecule has 0 spiro atoms. The van der Waals surface area contributed by atoms with Crippen molar-refractivity contribution in [1.29, 1.82) is 0 Å². The predicted octanol–water partition coefficient (Wildman–Crippen LogP) is 4.55. The van der Waals surface area contributed by atoms with Gasteiger partial charge in [-0.3, -0.25) is 9.10 Å². The van der Waals surface area contributed by atoms with Gasteiger partial charge < -0.3 is 19.5 Å². The summed E-state index contributed by atoms with van der Waals surface area (Å²) in [7, 11) is -4.35. The molecule has 2 heterocycles. The van der Waals surface area contributed by atoms with Gasteiger partial charge in [0, 0.05) is 10.9 Å². The summed E-state index contributed by atoms with van der Waals surface area (Å²) in [6.07, 6.45) is 3.38. The number of ether oxygens (including phenoxy) is 3. The zero-order valence-corrected chi connectivity index (χ0v) is 22.8. The van der Waals surface area contributed by atoms with Crippen LogP contribution in [-0.4, -0.2) is 46.7 Å². The monoisotopic (exact) mass is 574 g/mol. The van der Waals surface area contributed by atoms with E-state index in [2.05, 4.69) is 5.32 Å². The minimum Gasteiger partial charge on any atom is -0.486 e. The Labute approximate surface area is 229 Å². The molecule has 0 saturated heterocycles. The largest absolute Gasteiger partial charge is 0.486 e. The number of anilines is 2. The third-order valence-electron chi connectivity index (χ3n) is 6.39. The van der Waals surface area contributed by atoms with Gasteiger partial charge in [0.25, 0.3) is 10.0 Å². The predicted molar refractivity (Wildman–Crippen MR) is 144 cm³/mol. The zero-order valence-electron chi connectivity index (χ0n) is 21.2. The van der Waals surface area contributed by atoms with E-state index in [1.165, 1.54) is 47.7 Å². The molecule has 9 nitrogen and oxygen atoms in total. The van der Waals surface area contributed by atoms with Crippen molar-refractivity contribution >= 4 is 43.9 Å². The number of esters is 1. The van der Waals surface area contributed by atoms with Crippen LogP contribution in [0.3, 0.4) is 0 Å². The van der Waals surface area contributed by atoms with Gasteiger partial charge in [-0.1, -0.05) is 6.07 Å². The van der Waals surface area contributed by atoms with Gasteiger partial charge in [-0.15, -0.1) is 11.3 Å². The molecule has 1 aliphatic heterocycles. The van der Waals surface area contributed by atoms with E-state index in [0.717, 1.165) is 40.1 Å². The number of rotatable bonds is 8. The summed E-state index contributed by atoms with van der Waals surface area (Å²) >= 11 is 1.30. The lowest BCUT2D eigenvalue weighted by atomic mass is 9.95. The third kappa shape index (κ3) is 5.57. The van der Waals surface area contributed by atoms with Crippen LogP contribution < -0.4 is 19.1 Å². The highest BCUT2D eigenvalue weighted by atomic mass is 32.2. The van der Waals surface area contributed by atoms with Crippen molar-refractivity contribution in [2.75, 3.05) is 36.0 Å². The van der Waals surface area contributed by atoms with Gasteiger partial charge in [0.15, 0.2) is 11.5 Å². The topological polar surface area (TPSA) is 111 Å². The van der Waals surface area contributed by atoms with Gasteiger partial charge in [0.1, 0.15) is 30.6 Å². The molecule has 5 rings (SSSR count). The number of aryl methyl sites for hydroxylation is 1. The number of carbonyl (C=O) groups excluding carboxylic acids is 2. The minimum atomic E-state index is -4.35. The van der Waals surface area contributed by atoms with Gasteiger partial charge >= 0.3 is 5.97 Å². The number of benzene rings is 2. The highest BCUT2D eigenvalue weighted by Crippen LogP contribution is 2.39. The van der Waals surface area contributed by atoms with Crippen molar-refractivity contribution in [2.24, 2.45) is 0 Å². The van der Waals surface area contributed by atoms with E-state index in [0.29, 0.717) is 29.3 Å². The fourth-order valence-corrected chi connectivity index (χ4v) is 7.35. The van der Waals surface area contributed by atoms with Crippen LogP contribution in [0, 0.1) is 5.82 Å². The molecule has 2 aromatic carbocycles. The number of fused-ring (bicyclic) bond motifs is 2. The first-order valence-corrected chi connectivity index (χ1v) is 14.8. The number of amides is 1. The Morgan fingerprint density at radius 3 is 2.62 bits per heavy atom. The average molecular weight is 575 g/mol. The lowest BCUT2D eigenvalue weighted by Crippen LogP contribution is -2.38. The Morgan fingerprint density at radius 2 is 1.85 bits per heavy atom. The molecule has 12 heteroatoms. The van der Waals surface area contributed by atoms with Crippen molar-refractivity contribution in [3.8, 4) is 11.5 Å². The molecular formula is C27H27FN2O7S2. The number of thiophene rings is 1. The molecule has 1 amide bonds. The number of nitrogens with zero attached hydrogens (tertiary/aromatic N) is 1. The second kappa shape index (κ2) is 11.2. The second-order valence-corrected chi connectivity index (χ2v) is 11.9. The molecule has 0 radical (unpaired) electrons. The first-order valence-electron chi connectivity index (χ1n) is 12.6. The molecule has 1 N–H and O–H groups in total. The Morgan fingerprint density at radius 1 is 1.08 bits per heavy atom. The lowest BCUT2D eigenvalue weighted by Gasteiger charge is -2.25. The summed E-state index contributed by atoms with van der Waals surface area (Å²) in [4.78, 5) is 27.0. The van der Waals surface area contributed by atoms with Crippen LogP contribution in [-0.2, 0) is 32.4 Å². The Bertz CT molecular complexity index is 1520. The number of halogens is 1. The maximum Gasteiger partial charge on any atom is 0.341 e. The van der Waals surface area contributed by atoms with Gasteiger partial charge in [-0.05, 0) is 68.5 Å². The van der Waals surface area contributed by atoms with Gasteiger partial charge in [-0.25, -0.2) is 17.6 Å². The normalized spacial score (nSPS) is 14.3.